The van der Waals surface area contributed by atoms with Crippen LogP contribution < -0.4 is 5.32 Å². The molecule has 2 aliphatic rings. The summed E-state index contributed by atoms with van der Waals surface area (Å²) in [5.74, 6) is 0. The fraction of sp³-hybridized carbons (Fsp3) is 1.00. The third-order valence-electron chi connectivity index (χ3n) is 4.30. The number of halogens is 3. The number of nitrogens with one attached hydrogen (secondary N) is 1. The maximum atomic E-state index is 12.3. The minimum absolute atomic E-state index is 0.387. The Kier molecular flexibility index (Phi) is 5.09. The molecule has 0 aromatic carbocycles. The van der Waals surface area contributed by atoms with E-state index in [2.05, 4.69) is 17.3 Å². The van der Waals surface area contributed by atoms with Gasteiger partial charge in [0.15, 0.2) is 0 Å². The average molecular weight is 279 g/mol. The fourth-order valence-electron chi connectivity index (χ4n) is 3.09. The Morgan fingerprint density at radius 3 is 2.32 bits per heavy atom. The largest absolute Gasteiger partial charge is 0.401 e. The number of likely N-dealkylation sites (N-methyl/N-ethyl adjacent to an activating group) is 1. The molecule has 0 saturated carbocycles. The molecule has 0 amide bonds. The Morgan fingerprint density at radius 2 is 1.79 bits per heavy atom. The van der Waals surface area contributed by atoms with Gasteiger partial charge in [0.1, 0.15) is 0 Å². The van der Waals surface area contributed by atoms with E-state index in [0.717, 1.165) is 25.9 Å². The molecule has 2 heterocycles. The third-order valence-corrected chi connectivity index (χ3v) is 4.30. The summed E-state index contributed by atoms with van der Waals surface area (Å²) in [5.41, 5.74) is 0. The first kappa shape index (κ1) is 15.1. The predicted molar refractivity (Wildman–Crippen MR) is 69.2 cm³/mol. The van der Waals surface area contributed by atoms with E-state index in [1.54, 1.807) is 0 Å². The Bertz CT molecular complexity index is 275. The quantitative estimate of drug-likeness (QED) is 0.845. The lowest BCUT2D eigenvalue weighted by molar-refractivity contribution is -0.148. The molecule has 0 aromatic heterocycles. The van der Waals surface area contributed by atoms with Crippen LogP contribution in [0, 0.1) is 0 Å². The van der Waals surface area contributed by atoms with Gasteiger partial charge in [-0.15, -0.1) is 0 Å². The molecule has 1 atom stereocenters. The van der Waals surface area contributed by atoms with E-state index < -0.39 is 12.7 Å². The van der Waals surface area contributed by atoms with E-state index in [0.29, 0.717) is 25.2 Å². The minimum Gasteiger partial charge on any atom is -0.312 e. The summed E-state index contributed by atoms with van der Waals surface area (Å²) in [5, 5.41) is 3.53. The van der Waals surface area contributed by atoms with Crippen molar-refractivity contribution in [2.45, 2.75) is 43.9 Å². The highest BCUT2D eigenvalue weighted by Gasteiger charge is 2.32. The van der Waals surface area contributed by atoms with Crippen LogP contribution in [0.5, 0.6) is 0 Å². The molecule has 1 N–H and O–H groups in total. The van der Waals surface area contributed by atoms with Crippen LogP contribution in [0.1, 0.15) is 25.7 Å². The van der Waals surface area contributed by atoms with Gasteiger partial charge in [-0.1, -0.05) is 0 Å². The van der Waals surface area contributed by atoms with Gasteiger partial charge in [-0.05, 0) is 52.4 Å². The van der Waals surface area contributed by atoms with Crippen molar-refractivity contribution < 1.29 is 13.2 Å². The van der Waals surface area contributed by atoms with Gasteiger partial charge in [0.25, 0.3) is 0 Å². The zero-order valence-corrected chi connectivity index (χ0v) is 11.5. The molecule has 0 aromatic rings. The lowest BCUT2D eigenvalue weighted by atomic mass is 10.0. The molecule has 112 valence electrons. The van der Waals surface area contributed by atoms with Crippen molar-refractivity contribution in [3.63, 3.8) is 0 Å². The topological polar surface area (TPSA) is 18.5 Å². The monoisotopic (exact) mass is 279 g/mol. The number of rotatable bonds is 4. The van der Waals surface area contributed by atoms with Crippen LogP contribution >= 0.6 is 0 Å². The van der Waals surface area contributed by atoms with Crippen LogP contribution in [-0.2, 0) is 0 Å². The van der Waals surface area contributed by atoms with Crippen molar-refractivity contribution in [2.75, 3.05) is 39.8 Å². The standard InChI is InChI=1S/C13H24F3N3/c1-18-6-2-3-12(18)9-17-11-4-7-19(8-5-11)10-13(14,15)16/h11-12,17H,2-10H2,1H3. The molecule has 2 aliphatic heterocycles. The summed E-state index contributed by atoms with van der Waals surface area (Å²) in [4.78, 5) is 3.88. The first-order valence-corrected chi connectivity index (χ1v) is 7.17. The van der Waals surface area contributed by atoms with Crippen molar-refractivity contribution >= 4 is 0 Å². The van der Waals surface area contributed by atoms with Gasteiger partial charge < -0.3 is 10.2 Å². The number of nitrogens with zero attached hydrogens (tertiary/aromatic N) is 2. The molecule has 6 heteroatoms. The highest BCUT2D eigenvalue weighted by Crippen LogP contribution is 2.20. The second-order valence-electron chi connectivity index (χ2n) is 5.85. The smallest absolute Gasteiger partial charge is 0.312 e. The van der Waals surface area contributed by atoms with E-state index in [4.69, 9.17) is 0 Å². The van der Waals surface area contributed by atoms with E-state index >= 15 is 0 Å². The predicted octanol–water partition coefficient (Wildman–Crippen LogP) is 1.70. The molecule has 3 nitrogen and oxygen atoms in total. The second kappa shape index (κ2) is 6.41. The Morgan fingerprint density at radius 1 is 1.11 bits per heavy atom. The molecule has 0 aliphatic carbocycles. The fourth-order valence-corrected chi connectivity index (χ4v) is 3.09. The summed E-state index contributed by atoms with van der Waals surface area (Å²) in [6, 6.07) is 0.992. The maximum absolute atomic E-state index is 12.3. The lowest BCUT2D eigenvalue weighted by Crippen LogP contribution is -2.48. The third kappa shape index (κ3) is 4.93. The SMILES string of the molecule is CN1CCCC1CNC1CCN(CC(F)(F)F)CC1. The van der Waals surface area contributed by atoms with Crippen LogP contribution in [0.2, 0.25) is 0 Å². The van der Waals surface area contributed by atoms with Crippen LogP contribution in [0.15, 0.2) is 0 Å². The molecule has 0 bridgehead atoms. The molecule has 1 unspecified atom stereocenters. The number of hydrogen-bond donors (Lipinski definition) is 1. The highest BCUT2D eigenvalue weighted by molar-refractivity contribution is 4.83. The zero-order valence-electron chi connectivity index (χ0n) is 11.5. The maximum Gasteiger partial charge on any atom is 0.401 e. The summed E-state index contributed by atoms with van der Waals surface area (Å²) < 4.78 is 36.8. The van der Waals surface area contributed by atoms with Gasteiger partial charge in [0, 0.05) is 18.6 Å². The Hall–Kier alpha value is -0.330. The first-order valence-electron chi connectivity index (χ1n) is 7.17. The summed E-state index contributed by atoms with van der Waals surface area (Å²) in [7, 11) is 2.14. The van der Waals surface area contributed by atoms with Crippen LogP contribution in [-0.4, -0.2) is 67.8 Å². The van der Waals surface area contributed by atoms with Crippen molar-refractivity contribution in [1.82, 2.24) is 15.1 Å². The molecule has 0 spiro atoms. The van der Waals surface area contributed by atoms with Crippen molar-refractivity contribution in [3.8, 4) is 0 Å². The van der Waals surface area contributed by atoms with Gasteiger partial charge in [0.2, 0.25) is 0 Å². The Balaban J connectivity index is 1.63. The van der Waals surface area contributed by atoms with E-state index in [9.17, 15) is 13.2 Å². The number of piperidine rings is 1. The number of likely N-dealkylation sites (tertiary alicyclic amines) is 2. The van der Waals surface area contributed by atoms with Gasteiger partial charge in [-0.3, -0.25) is 4.90 Å². The molecular weight excluding hydrogens is 255 g/mol. The summed E-state index contributed by atoms with van der Waals surface area (Å²) in [6.45, 7) is 2.48. The van der Waals surface area contributed by atoms with E-state index in [1.165, 1.54) is 17.7 Å². The highest BCUT2D eigenvalue weighted by atomic mass is 19.4. The van der Waals surface area contributed by atoms with Gasteiger partial charge in [-0.25, -0.2) is 0 Å². The van der Waals surface area contributed by atoms with Gasteiger partial charge in [0.05, 0.1) is 6.54 Å². The van der Waals surface area contributed by atoms with Crippen LogP contribution in [0.4, 0.5) is 13.2 Å². The average Bonchev–Trinajstić information content (AvgIpc) is 2.72. The normalized spacial score (nSPS) is 28.1. The lowest BCUT2D eigenvalue weighted by Gasteiger charge is -2.33. The zero-order chi connectivity index (χ0) is 13.9. The number of alkyl halides is 3. The second-order valence-corrected chi connectivity index (χ2v) is 5.85. The van der Waals surface area contributed by atoms with Gasteiger partial charge in [-0.2, -0.15) is 13.2 Å². The molecule has 0 radical (unpaired) electrons. The molecule has 2 rings (SSSR count). The first-order chi connectivity index (χ1) is 8.94. The molecule has 2 saturated heterocycles. The molecular formula is C13H24F3N3. The van der Waals surface area contributed by atoms with E-state index in [-0.39, 0.29) is 0 Å². The van der Waals surface area contributed by atoms with Crippen molar-refractivity contribution in [3.05, 3.63) is 0 Å². The minimum atomic E-state index is -4.06. The van der Waals surface area contributed by atoms with Crippen LogP contribution in [0.25, 0.3) is 0 Å². The van der Waals surface area contributed by atoms with Crippen LogP contribution in [0.3, 0.4) is 0 Å². The molecule has 19 heavy (non-hydrogen) atoms. The Labute approximate surface area is 113 Å². The molecule has 2 fully saturated rings. The van der Waals surface area contributed by atoms with Crippen molar-refractivity contribution in [2.24, 2.45) is 0 Å². The van der Waals surface area contributed by atoms with Gasteiger partial charge >= 0.3 is 6.18 Å². The summed E-state index contributed by atoms with van der Waals surface area (Å²) >= 11 is 0. The van der Waals surface area contributed by atoms with Crippen molar-refractivity contribution in [1.29, 1.82) is 0 Å². The number of hydrogen-bond acceptors (Lipinski definition) is 3. The summed E-state index contributed by atoms with van der Waals surface area (Å²) in [6.07, 6.45) is 0.0785. The van der Waals surface area contributed by atoms with E-state index in [1.807, 2.05) is 0 Å².